The van der Waals surface area contributed by atoms with Crippen molar-refractivity contribution in [1.29, 1.82) is 0 Å². The van der Waals surface area contributed by atoms with E-state index in [9.17, 15) is 14.4 Å². The molecule has 0 rings (SSSR count). The molecular formula is C70H120O6. The highest BCUT2D eigenvalue weighted by molar-refractivity contribution is 5.71. The lowest BCUT2D eigenvalue weighted by Gasteiger charge is -2.18. The molecule has 0 saturated heterocycles. The lowest BCUT2D eigenvalue weighted by Crippen LogP contribution is -2.30. The van der Waals surface area contributed by atoms with Gasteiger partial charge in [0.05, 0.1) is 0 Å². The van der Waals surface area contributed by atoms with Crippen LogP contribution in [-0.2, 0) is 28.6 Å². The van der Waals surface area contributed by atoms with Crippen LogP contribution in [0.4, 0.5) is 0 Å². The first-order valence-corrected chi connectivity index (χ1v) is 32.2. The molecule has 1 atom stereocenters. The van der Waals surface area contributed by atoms with Crippen LogP contribution < -0.4 is 0 Å². The molecule has 76 heavy (non-hydrogen) atoms. The van der Waals surface area contributed by atoms with E-state index in [2.05, 4.69) is 118 Å². The summed E-state index contributed by atoms with van der Waals surface area (Å²) in [5, 5.41) is 0. The van der Waals surface area contributed by atoms with Gasteiger partial charge in [0, 0.05) is 19.3 Å². The van der Waals surface area contributed by atoms with Crippen molar-refractivity contribution in [3.05, 3.63) is 97.2 Å². The highest BCUT2D eigenvalue weighted by Crippen LogP contribution is 2.17. The fraction of sp³-hybridized carbons (Fsp3) is 0.729. The Morgan fingerprint density at radius 1 is 0.276 bits per heavy atom. The van der Waals surface area contributed by atoms with E-state index in [-0.39, 0.29) is 37.5 Å². The molecule has 1 unspecified atom stereocenters. The lowest BCUT2D eigenvalue weighted by molar-refractivity contribution is -0.167. The van der Waals surface area contributed by atoms with Gasteiger partial charge in [-0.25, -0.2) is 0 Å². The SMILES string of the molecule is CC/C=C\C/C=C\C/C=C\C/C=C\CCCCCCCCCCCCCCCCCCCCCCC(=O)OCC(COC(=O)CCCCCCCCCCCC)OC(=O)CCCC/C=C\C/C=C\C/C=C\C/C=C\CC. The first kappa shape index (κ1) is 72.3. The molecule has 0 aromatic rings. The van der Waals surface area contributed by atoms with Gasteiger partial charge in [0.15, 0.2) is 6.10 Å². The van der Waals surface area contributed by atoms with Crippen LogP contribution in [0.3, 0.4) is 0 Å². The predicted molar refractivity (Wildman–Crippen MR) is 330 cm³/mol. The summed E-state index contributed by atoms with van der Waals surface area (Å²) in [5.74, 6) is -0.923. The minimum absolute atomic E-state index is 0.0899. The number of esters is 3. The first-order chi connectivity index (χ1) is 37.5. The summed E-state index contributed by atoms with van der Waals surface area (Å²) in [7, 11) is 0. The van der Waals surface area contributed by atoms with E-state index < -0.39 is 6.10 Å². The third-order valence-corrected chi connectivity index (χ3v) is 13.8. The topological polar surface area (TPSA) is 78.9 Å². The fourth-order valence-corrected chi connectivity index (χ4v) is 9.07. The number of unbranched alkanes of at least 4 members (excludes halogenated alkanes) is 31. The molecule has 0 radical (unpaired) electrons. The number of carbonyl (C=O) groups excluding carboxylic acids is 3. The number of ether oxygens (including phenoxy) is 3. The molecule has 6 nitrogen and oxygen atoms in total. The molecule has 0 saturated carbocycles. The second-order valence-electron chi connectivity index (χ2n) is 21.3. The summed E-state index contributed by atoms with van der Waals surface area (Å²) in [6.45, 7) is 6.39. The molecule has 0 aromatic carbocycles. The molecule has 0 fully saturated rings. The van der Waals surface area contributed by atoms with Crippen LogP contribution in [0.25, 0.3) is 0 Å². The Bertz CT molecular complexity index is 1490. The van der Waals surface area contributed by atoms with Gasteiger partial charge in [0.25, 0.3) is 0 Å². The molecule has 0 aliphatic carbocycles. The Hall–Kier alpha value is -3.67. The van der Waals surface area contributed by atoms with Crippen LogP contribution in [0.1, 0.15) is 310 Å². The normalized spacial score (nSPS) is 12.7. The third-order valence-electron chi connectivity index (χ3n) is 13.8. The van der Waals surface area contributed by atoms with Gasteiger partial charge in [-0.3, -0.25) is 14.4 Å². The van der Waals surface area contributed by atoms with Crippen molar-refractivity contribution in [2.45, 2.75) is 316 Å². The van der Waals surface area contributed by atoms with Gasteiger partial charge in [-0.1, -0.05) is 291 Å². The van der Waals surface area contributed by atoms with Gasteiger partial charge in [0.1, 0.15) is 13.2 Å². The van der Waals surface area contributed by atoms with Crippen LogP contribution in [0.2, 0.25) is 0 Å². The smallest absolute Gasteiger partial charge is 0.306 e. The van der Waals surface area contributed by atoms with E-state index in [4.69, 9.17) is 14.2 Å². The lowest BCUT2D eigenvalue weighted by atomic mass is 10.0. The van der Waals surface area contributed by atoms with Crippen LogP contribution in [-0.4, -0.2) is 37.2 Å². The van der Waals surface area contributed by atoms with Crippen molar-refractivity contribution in [3.8, 4) is 0 Å². The summed E-state index contributed by atoms with van der Waals surface area (Å²) in [6.07, 6.45) is 85.9. The average Bonchev–Trinajstić information content (AvgIpc) is 3.42. The highest BCUT2D eigenvalue weighted by Gasteiger charge is 2.19. The van der Waals surface area contributed by atoms with E-state index in [0.29, 0.717) is 19.3 Å². The Morgan fingerprint density at radius 2 is 0.513 bits per heavy atom. The molecule has 0 heterocycles. The monoisotopic (exact) mass is 1060 g/mol. The van der Waals surface area contributed by atoms with Gasteiger partial charge in [0.2, 0.25) is 0 Å². The maximum atomic E-state index is 12.8. The minimum Gasteiger partial charge on any atom is -0.462 e. The Kier molecular flexibility index (Phi) is 60.8. The highest BCUT2D eigenvalue weighted by atomic mass is 16.6. The molecule has 0 aliphatic rings. The Labute approximate surface area is 470 Å². The largest absolute Gasteiger partial charge is 0.462 e. The minimum atomic E-state index is -0.795. The molecule has 0 aromatic heterocycles. The molecule has 0 bridgehead atoms. The van der Waals surface area contributed by atoms with Gasteiger partial charge in [-0.15, -0.1) is 0 Å². The van der Waals surface area contributed by atoms with Crippen LogP contribution in [0, 0.1) is 0 Å². The molecular weight excluding hydrogens is 937 g/mol. The Morgan fingerprint density at radius 3 is 0.829 bits per heavy atom. The summed E-state index contributed by atoms with van der Waals surface area (Å²) < 4.78 is 16.8. The second kappa shape index (κ2) is 63.9. The quantitative estimate of drug-likeness (QED) is 0.0261. The fourth-order valence-electron chi connectivity index (χ4n) is 9.07. The standard InChI is InChI=1S/C70H120O6/c1-4-7-10-13-16-19-22-24-26-27-28-29-30-31-32-33-34-35-36-37-38-39-40-41-42-43-45-46-48-51-54-57-60-63-69(72)75-66-67(65-74-68(71)62-59-56-53-50-21-18-15-12-9-6-3)76-70(73)64-61-58-55-52-49-47-44-25-23-20-17-14-11-8-5-2/h7-8,10-11,16-17,19-20,24-26,28-29,44,49,52,67H,4-6,9,12-15,18,21-23,27,30-43,45-48,50-51,53-66H2,1-3H3/b10-7-,11-8-,19-16-,20-17-,26-24-,29-28-,44-25-,52-49-. The van der Waals surface area contributed by atoms with Crippen molar-refractivity contribution >= 4 is 17.9 Å². The zero-order valence-corrected chi connectivity index (χ0v) is 50.0. The van der Waals surface area contributed by atoms with E-state index >= 15 is 0 Å². The van der Waals surface area contributed by atoms with Gasteiger partial charge in [-0.05, 0) is 96.3 Å². The van der Waals surface area contributed by atoms with E-state index in [0.717, 1.165) is 103 Å². The van der Waals surface area contributed by atoms with Crippen molar-refractivity contribution in [2.24, 2.45) is 0 Å². The number of allylic oxidation sites excluding steroid dienone is 16. The van der Waals surface area contributed by atoms with E-state index in [1.165, 1.54) is 161 Å². The molecule has 0 aliphatic heterocycles. The van der Waals surface area contributed by atoms with Crippen molar-refractivity contribution in [1.82, 2.24) is 0 Å². The summed E-state index contributed by atoms with van der Waals surface area (Å²) in [6, 6.07) is 0. The molecule has 436 valence electrons. The van der Waals surface area contributed by atoms with Gasteiger partial charge in [-0.2, -0.15) is 0 Å². The van der Waals surface area contributed by atoms with Gasteiger partial charge < -0.3 is 14.2 Å². The van der Waals surface area contributed by atoms with Crippen molar-refractivity contribution < 1.29 is 28.6 Å². The maximum Gasteiger partial charge on any atom is 0.306 e. The van der Waals surface area contributed by atoms with Crippen molar-refractivity contribution in [2.75, 3.05) is 13.2 Å². The number of rotatable bonds is 58. The van der Waals surface area contributed by atoms with Crippen LogP contribution in [0.5, 0.6) is 0 Å². The number of carbonyl (C=O) groups is 3. The number of hydrogen-bond acceptors (Lipinski definition) is 6. The van der Waals surface area contributed by atoms with Crippen molar-refractivity contribution in [3.63, 3.8) is 0 Å². The predicted octanol–water partition coefficient (Wildman–Crippen LogP) is 22.0. The summed E-state index contributed by atoms with van der Waals surface area (Å²) in [4.78, 5) is 38.1. The molecule has 0 spiro atoms. The first-order valence-electron chi connectivity index (χ1n) is 32.2. The summed E-state index contributed by atoms with van der Waals surface area (Å²) >= 11 is 0. The van der Waals surface area contributed by atoms with E-state index in [1.807, 2.05) is 0 Å². The Balaban J connectivity index is 4.10. The molecule has 0 N–H and O–H groups in total. The number of hydrogen-bond donors (Lipinski definition) is 0. The molecule has 0 amide bonds. The maximum absolute atomic E-state index is 12.8. The zero-order chi connectivity index (χ0) is 55.0. The zero-order valence-electron chi connectivity index (χ0n) is 50.0. The van der Waals surface area contributed by atoms with Crippen LogP contribution in [0.15, 0.2) is 97.2 Å². The summed E-state index contributed by atoms with van der Waals surface area (Å²) in [5.41, 5.74) is 0. The van der Waals surface area contributed by atoms with Crippen LogP contribution >= 0.6 is 0 Å². The molecule has 6 heteroatoms. The van der Waals surface area contributed by atoms with E-state index in [1.54, 1.807) is 0 Å². The van der Waals surface area contributed by atoms with Gasteiger partial charge >= 0.3 is 17.9 Å². The second-order valence-corrected chi connectivity index (χ2v) is 21.3. The third kappa shape index (κ3) is 61.2. The average molecular weight is 1060 g/mol.